The molecule has 4 aliphatic rings. The van der Waals surface area contributed by atoms with Gasteiger partial charge in [0.05, 0.1) is 35.3 Å². The first-order chi connectivity index (χ1) is 21.8. The van der Waals surface area contributed by atoms with Crippen molar-refractivity contribution in [3.63, 3.8) is 0 Å². The van der Waals surface area contributed by atoms with Gasteiger partial charge in [0.2, 0.25) is 11.8 Å². The minimum atomic E-state index is -2.16. The molecule has 8 nitrogen and oxygen atoms in total. The molecule has 2 aliphatic heterocycles. The van der Waals surface area contributed by atoms with Crippen molar-refractivity contribution in [2.75, 3.05) is 16.9 Å². The van der Waals surface area contributed by atoms with E-state index in [4.69, 9.17) is 51.1 Å². The molecule has 1 saturated carbocycles. The molecule has 0 radical (unpaired) electrons. The molecule has 1 N–H and O–H groups in total. The highest BCUT2D eigenvalue weighted by Gasteiger charge is 2.76. The number of nitrogens with zero attached hydrogens (tertiary/aromatic N) is 2. The number of aromatic hydroxyl groups is 1. The van der Waals surface area contributed by atoms with E-state index in [2.05, 4.69) is 0 Å². The summed E-state index contributed by atoms with van der Waals surface area (Å²) < 4.78 is 19.2. The van der Waals surface area contributed by atoms with E-state index in [9.17, 15) is 28.7 Å². The second kappa shape index (κ2) is 10.7. The number of alkyl halides is 2. The van der Waals surface area contributed by atoms with Crippen LogP contribution in [0.5, 0.6) is 11.5 Å². The molecule has 236 valence electrons. The Morgan fingerprint density at radius 1 is 0.870 bits per heavy atom. The number of carbonyl (C=O) groups excluding carboxylic acids is 4. The van der Waals surface area contributed by atoms with Crippen molar-refractivity contribution in [3.05, 3.63) is 93.7 Å². The molecule has 3 aromatic rings. The van der Waals surface area contributed by atoms with Crippen LogP contribution < -0.4 is 14.5 Å². The number of amides is 4. The number of rotatable bonds is 4. The zero-order valence-electron chi connectivity index (χ0n) is 23.8. The molecule has 0 spiro atoms. The second-order valence-corrected chi connectivity index (χ2v) is 13.9. The number of phenolic OH excluding ortho intramolecular Hbond substituents is 1. The largest absolute Gasteiger partial charge is 0.503 e. The number of anilines is 2. The molecule has 4 amide bonds. The van der Waals surface area contributed by atoms with Crippen molar-refractivity contribution in [1.82, 2.24) is 0 Å². The molecular weight excluding hydrogens is 681 g/mol. The van der Waals surface area contributed by atoms with Crippen molar-refractivity contribution in [1.29, 1.82) is 0 Å². The molecular formula is C33H23Cl4FN2O6. The number of ether oxygens (including phenoxy) is 1. The highest BCUT2D eigenvalue weighted by atomic mass is 35.5. The summed E-state index contributed by atoms with van der Waals surface area (Å²) in [5.74, 6) is -7.21. The third-order valence-corrected chi connectivity index (χ3v) is 11.5. The van der Waals surface area contributed by atoms with Crippen molar-refractivity contribution in [3.8, 4) is 11.5 Å². The topological polar surface area (TPSA) is 104 Å². The number of carbonyl (C=O) groups is 4. The van der Waals surface area contributed by atoms with Crippen molar-refractivity contribution >= 4 is 81.4 Å². The number of hydrogen-bond acceptors (Lipinski definition) is 6. The molecule has 7 rings (SSSR count). The van der Waals surface area contributed by atoms with E-state index in [1.54, 1.807) is 30.3 Å². The van der Waals surface area contributed by atoms with Crippen LogP contribution in [0.4, 0.5) is 15.8 Å². The normalized spacial score (nSPS) is 30.3. The van der Waals surface area contributed by atoms with Crippen LogP contribution in [0.1, 0.15) is 24.3 Å². The fourth-order valence-corrected chi connectivity index (χ4v) is 8.81. The van der Waals surface area contributed by atoms with Crippen molar-refractivity contribution in [2.45, 2.75) is 28.5 Å². The van der Waals surface area contributed by atoms with E-state index in [0.717, 1.165) is 21.9 Å². The lowest BCUT2D eigenvalue weighted by molar-refractivity contribution is -0.125. The summed E-state index contributed by atoms with van der Waals surface area (Å²) in [5.41, 5.74) is 1.22. The highest BCUT2D eigenvalue weighted by Crippen LogP contribution is 2.66. The number of imide groups is 2. The number of phenols is 1. The van der Waals surface area contributed by atoms with Gasteiger partial charge >= 0.3 is 0 Å². The SMILES string of the molecule is COc1cc(C2C3=CCC4C(=O)N(c5ccc(Cl)cc5)C(=O)C4C3CC3(Cl)C(=O)N(c4ccc(F)cc4)C(=O)C23Cl)cc(Cl)c1O. The average Bonchev–Trinajstić information content (AvgIpc) is 3.37. The van der Waals surface area contributed by atoms with E-state index in [0.29, 0.717) is 21.8 Å². The first-order valence-electron chi connectivity index (χ1n) is 14.3. The van der Waals surface area contributed by atoms with Crippen LogP contribution in [0.2, 0.25) is 10.0 Å². The van der Waals surface area contributed by atoms with Gasteiger partial charge in [0.15, 0.2) is 21.2 Å². The van der Waals surface area contributed by atoms with Gasteiger partial charge in [-0.2, -0.15) is 0 Å². The maximum absolute atomic E-state index is 14.4. The van der Waals surface area contributed by atoms with Gasteiger partial charge in [0.1, 0.15) is 5.82 Å². The number of allylic oxidation sites excluding steroid dienone is 2. The summed E-state index contributed by atoms with van der Waals surface area (Å²) in [6, 6.07) is 13.9. The van der Waals surface area contributed by atoms with E-state index in [-0.39, 0.29) is 35.1 Å². The molecule has 13 heteroatoms. The number of fused-ring (bicyclic) bond motifs is 4. The maximum Gasteiger partial charge on any atom is 0.258 e. The molecule has 2 aliphatic carbocycles. The number of methoxy groups -OCH3 is 1. The predicted molar refractivity (Wildman–Crippen MR) is 170 cm³/mol. The predicted octanol–water partition coefficient (Wildman–Crippen LogP) is 6.61. The molecule has 6 atom stereocenters. The second-order valence-electron chi connectivity index (χ2n) is 11.8. The monoisotopic (exact) mass is 702 g/mol. The molecule has 46 heavy (non-hydrogen) atoms. The van der Waals surface area contributed by atoms with E-state index in [1.165, 1.54) is 31.4 Å². The minimum absolute atomic E-state index is 0.0208. The Hall–Kier alpha value is -3.63. The number of halogens is 5. The quantitative estimate of drug-likeness (QED) is 0.186. The van der Waals surface area contributed by atoms with Gasteiger partial charge in [-0.1, -0.05) is 34.9 Å². The summed E-state index contributed by atoms with van der Waals surface area (Å²) in [6.07, 6.45) is 1.68. The summed E-state index contributed by atoms with van der Waals surface area (Å²) in [7, 11) is 1.32. The summed E-state index contributed by atoms with van der Waals surface area (Å²) in [5, 5.41) is 10.8. The highest BCUT2D eigenvalue weighted by molar-refractivity contribution is 6.58. The van der Waals surface area contributed by atoms with Crippen LogP contribution in [0.25, 0.3) is 0 Å². The Morgan fingerprint density at radius 3 is 2.15 bits per heavy atom. The summed E-state index contributed by atoms with van der Waals surface area (Å²) in [4.78, 5) is 54.4. The molecule has 3 fully saturated rings. The zero-order chi connectivity index (χ0) is 32.9. The lowest BCUT2D eigenvalue weighted by atomic mass is 9.56. The number of benzene rings is 3. The van der Waals surface area contributed by atoms with Crippen LogP contribution in [-0.4, -0.2) is 45.6 Å². The third-order valence-electron chi connectivity index (χ3n) is 9.58. The van der Waals surface area contributed by atoms with Crippen molar-refractivity contribution < 1.29 is 33.4 Å². The van der Waals surface area contributed by atoms with Crippen LogP contribution in [0.15, 0.2) is 72.3 Å². The van der Waals surface area contributed by atoms with Gasteiger partial charge in [0.25, 0.3) is 11.8 Å². The Morgan fingerprint density at radius 2 is 1.50 bits per heavy atom. The summed E-state index contributed by atoms with van der Waals surface area (Å²) >= 11 is 27.2. The van der Waals surface area contributed by atoms with Crippen LogP contribution in [0, 0.1) is 23.6 Å². The van der Waals surface area contributed by atoms with E-state index in [1.807, 2.05) is 0 Å². The molecule has 3 aromatic carbocycles. The molecule has 2 saturated heterocycles. The van der Waals surface area contributed by atoms with Gasteiger partial charge in [-0.15, -0.1) is 23.2 Å². The van der Waals surface area contributed by atoms with Crippen LogP contribution in [-0.2, 0) is 19.2 Å². The lowest BCUT2D eigenvalue weighted by Crippen LogP contribution is -2.60. The number of hydrogen-bond donors (Lipinski definition) is 1. The van der Waals surface area contributed by atoms with Gasteiger partial charge in [-0.05, 0) is 85.0 Å². The van der Waals surface area contributed by atoms with Crippen LogP contribution in [0.3, 0.4) is 0 Å². The lowest BCUT2D eigenvalue weighted by Gasteiger charge is -2.50. The third kappa shape index (κ3) is 4.11. The molecule has 6 unspecified atom stereocenters. The van der Waals surface area contributed by atoms with Gasteiger partial charge in [-0.25, -0.2) is 9.29 Å². The fraction of sp³-hybridized carbons (Fsp3) is 0.273. The average molecular weight is 704 g/mol. The standard InChI is InChI=1S/C33H23Cl4FN2O6/c1-46-24-13-15(12-23(35)27(24)41)26-20-10-11-21-25(29(43)39(28(21)42)18-6-2-16(34)3-7-18)22(20)14-32(36)30(44)40(31(45)33(26,32)37)19-8-4-17(38)5-9-19/h2-10,12-13,21-22,25-26,41H,11,14H2,1H3. The molecule has 2 heterocycles. The van der Waals surface area contributed by atoms with E-state index < -0.39 is 62.9 Å². The fourth-order valence-electron chi connectivity index (χ4n) is 7.53. The Labute approximate surface area is 282 Å². The first kappa shape index (κ1) is 31.0. The smallest absolute Gasteiger partial charge is 0.258 e. The van der Waals surface area contributed by atoms with Gasteiger partial charge in [0, 0.05) is 10.9 Å². The maximum atomic E-state index is 14.4. The Balaban J connectivity index is 1.42. The first-order valence-corrected chi connectivity index (χ1v) is 15.8. The minimum Gasteiger partial charge on any atom is -0.503 e. The van der Waals surface area contributed by atoms with Gasteiger partial charge < -0.3 is 9.84 Å². The van der Waals surface area contributed by atoms with Crippen molar-refractivity contribution in [2.24, 2.45) is 17.8 Å². The van der Waals surface area contributed by atoms with Gasteiger partial charge in [-0.3, -0.25) is 24.1 Å². The van der Waals surface area contributed by atoms with E-state index >= 15 is 0 Å². The molecule has 0 bridgehead atoms. The summed E-state index contributed by atoms with van der Waals surface area (Å²) in [6.45, 7) is 0. The Bertz CT molecular complexity index is 1890. The van der Waals surface area contributed by atoms with Crippen LogP contribution >= 0.6 is 46.4 Å². The Kier molecular flexibility index (Phi) is 7.21. The zero-order valence-corrected chi connectivity index (χ0v) is 26.9. The molecule has 0 aromatic heterocycles.